The molecule has 0 atom stereocenters. The van der Waals surface area contributed by atoms with Crippen LogP contribution in [0.2, 0.25) is 0 Å². The van der Waals surface area contributed by atoms with Gasteiger partial charge < -0.3 is 13.6 Å². The van der Waals surface area contributed by atoms with Gasteiger partial charge in [-0.15, -0.1) is 0 Å². The zero-order valence-electron chi connectivity index (χ0n) is 39.6. The third-order valence-electron chi connectivity index (χ3n) is 11.7. The number of hydrogen-bond acceptors (Lipinski definition) is 6. The molecule has 0 amide bonds. The lowest BCUT2D eigenvalue weighted by Crippen LogP contribution is -2.29. The summed E-state index contributed by atoms with van der Waals surface area (Å²) < 4.78 is 35.1. The van der Waals surface area contributed by atoms with Gasteiger partial charge in [0.25, 0.3) is 0 Å². The molecular formula is C54H65O6P2+. The second kappa shape index (κ2) is 18.9. The zero-order valence-corrected chi connectivity index (χ0v) is 41.4. The van der Waals surface area contributed by atoms with Crippen molar-refractivity contribution >= 4 is 21.9 Å². The fourth-order valence-corrected chi connectivity index (χ4v) is 11.6. The summed E-state index contributed by atoms with van der Waals surface area (Å²) in [5.41, 5.74) is 16.0. The lowest BCUT2D eigenvalue weighted by molar-refractivity contribution is 0.359. The molecule has 6 nitrogen and oxygen atoms in total. The van der Waals surface area contributed by atoms with E-state index in [1.165, 1.54) is 0 Å². The van der Waals surface area contributed by atoms with Crippen LogP contribution in [0.3, 0.4) is 0 Å². The molecule has 0 heterocycles. The molecule has 0 saturated carbocycles. The summed E-state index contributed by atoms with van der Waals surface area (Å²) in [6.07, 6.45) is 0. The van der Waals surface area contributed by atoms with E-state index >= 15 is 0 Å². The van der Waals surface area contributed by atoms with E-state index in [0.29, 0.717) is 34.1 Å². The molecule has 6 aromatic carbocycles. The Labute approximate surface area is 373 Å². The van der Waals surface area contributed by atoms with Gasteiger partial charge in [-0.2, -0.15) is 4.89 Å². The SMILES string of the molecule is Cc1ccc(OP(Oc2ccc(C)cc2C)Oc2c(C(C)C)cc(C)c(C)c2-c2c(C)c(C)cc(C(C)C)c2[P+](O)(Oc2ccc(C)cc2C)Oc2ccc(C)cc2C)c(C)c1. The maximum Gasteiger partial charge on any atom is 0.534 e. The molecular weight excluding hydrogens is 807 g/mol. The molecule has 0 aliphatic carbocycles. The van der Waals surface area contributed by atoms with Crippen LogP contribution in [0.5, 0.6) is 28.7 Å². The maximum absolute atomic E-state index is 13.8. The zero-order chi connectivity index (χ0) is 45.4. The topological polar surface area (TPSA) is 66.4 Å². The van der Waals surface area contributed by atoms with E-state index in [4.69, 9.17) is 22.6 Å². The molecule has 0 unspecified atom stereocenters. The van der Waals surface area contributed by atoms with Gasteiger partial charge in [-0.1, -0.05) is 111 Å². The Hall–Kier alpha value is -4.86. The number of hydrogen-bond donors (Lipinski definition) is 1. The minimum absolute atomic E-state index is 0.0168. The van der Waals surface area contributed by atoms with Crippen molar-refractivity contribution in [3.8, 4) is 39.9 Å². The van der Waals surface area contributed by atoms with Crippen LogP contribution in [0.4, 0.5) is 0 Å². The van der Waals surface area contributed by atoms with Crippen molar-refractivity contribution < 1.29 is 27.5 Å². The molecule has 0 saturated heterocycles. The van der Waals surface area contributed by atoms with Crippen LogP contribution in [0.15, 0.2) is 84.9 Å². The summed E-state index contributed by atoms with van der Waals surface area (Å²) >= 11 is 0. The molecule has 0 fully saturated rings. The van der Waals surface area contributed by atoms with E-state index in [-0.39, 0.29) is 11.8 Å². The second-order valence-electron chi connectivity index (χ2n) is 17.8. The molecule has 0 aliphatic heterocycles. The summed E-state index contributed by atoms with van der Waals surface area (Å²) in [5.74, 6) is 3.15. The molecule has 0 aromatic heterocycles. The molecule has 0 radical (unpaired) electrons. The molecule has 1 N–H and O–H groups in total. The molecule has 8 heteroatoms. The second-order valence-corrected chi connectivity index (χ2v) is 20.7. The Morgan fingerprint density at radius 3 is 1.15 bits per heavy atom. The fourth-order valence-electron chi connectivity index (χ4n) is 8.00. The van der Waals surface area contributed by atoms with Crippen molar-refractivity contribution in [1.29, 1.82) is 0 Å². The van der Waals surface area contributed by atoms with Gasteiger partial charge >= 0.3 is 16.5 Å². The van der Waals surface area contributed by atoms with E-state index in [2.05, 4.69) is 119 Å². The van der Waals surface area contributed by atoms with Crippen LogP contribution in [0, 0.1) is 83.1 Å². The van der Waals surface area contributed by atoms with Gasteiger partial charge in [0.15, 0.2) is 11.5 Å². The highest BCUT2D eigenvalue weighted by molar-refractivity contribution is 7.69. The first-order valence-corrected chi connectivity index (χ1v) is 24.3. The van der Waals surface area contributed by atoms with Crippen molar-refractivity contribution in [2.75, 3.05) is 0 Å². The average Bonchev–Trinajstić information content (AvgIpc) is 3.18. The van der Waals surface area contributed by atoms with Crippen LogP contribution in [-0.4, -0.2) is 4.89 Å². The molecule has 326 valence electrons. The Morgan fingerprint density at radius 1 is 0.419 bits per heavy atom. The highest BCUT2D eigenvalue weighted by atomic mass is 31.2. The van der Waals surface area contributed by atoms with Crippen molar-refractivity contribution in [2.45, 2.75) is 123 Å². The van der Waals surface area contributed by atoms with E-state index in [1.807, 2.05) is 76.2 Å². The smallest absolute Gasteiger partial charge is 0.408 e. The van der Waals surface area contributed by atoms with Crippen LogP contribution >= 0.6 is 16.5 Å². The molecule has 0 aliphatic rings. The predicted molar refractivity (Wildman–Crippen MR) is 262 cm³/mol. The van der Waals surface area contributed by atoms with Crippen LogP contribution in [-0.2, 0) is 0 Å². The van der Waals surface area contributed by atoms with Crippen molar-refractivity contribution in [1.82, 2.24) is 0 Å². The summed E-state index contributed by atoms with van der Waals surface area (Å²) in [7, 11) is -6.16. The molecule has 6 rings (SSSR count). The van der Waals surface area contributed by atoms with E-state index < -0.39 is 16.5 Å². The first kappa shape index (κ1) is 46.6. The van der Waals surface area contributed by atoms with Gasteiger partial charge in [0.2, 0.25) is 5.30 Å². The number of aryl methyl sites for hydroxylation is 10. The van der Waals surface area contributed by atoms with Crippen molar-refractivity contribution in [3.63, 3.8) is 0 Å². The highest BCUT2D eigenvalue weighted by Crippen LogP contribution is 2.61. The van der Waals surface area contributed by atoms with E-state index in [1.54, 1.807) is 0 Å². The van der Waals surface area contributed by atoms with Crippen molar-refractivity contribution in [2.24, 2.45) is 0 Å². The van der Waals surface area contributed by atoms with Crippen molar-refractivity contribution in [3.05, 3.63) is 163 Å². The summed E-state index contributed by atoms with van der Waals surface area (Å²) in [6.45, 7) is 33.6. The Morgan fingerprint density at radius 2 is 0.774 bits per heavy atom. The van der Waals surface area contributed by atoms with Gasteiger partial charge in [-0.25, -0.2) is 0 Å². The van der Waals surface area contributed by atoms with Crippen LogP contribution in [0.1, 0.15) is 117 Å². The van der Waals surface area contributed by atoms with Gasteiger partial charge in [-0.3, -0.25) is 9.05 Å². The van der Waals surface area contributed by atoms with E-state index in [0.717, 1.165) is 89.0 Å². The highest BCUT2D eigenvalue weighted by Gasteiger charge is 2.54. The lowest BCUT2D eigenvalue weighted by atomic mass is 9.84. The quantitative estimate of drug-likeness (QED) is 0.110. The maximum atomic E-state index is 13.8. The monoisotopic (exact) mass is 871 g/mol. The summed E-state index contributed by atoms with van der Waals surface area (Å²) in [4.78, 5) is 13.8. The predicted octanol–water partition coefficient (Wildman–Crippen LogP) is 15.6. The van der Waals surface area contributed by atoms with E-state index in [9.17, 15) is 4.89 Å². The standard InChI is InChI=1S/C54H65O6P2/c1-31(2)45-29-37(9)43(15)51(53(45)58-61(56-47-21-17-33(5)25-39(47)11)57-48-22-18-34(6)26-40(48)12)52-44(16)38(10)30-46(32(3)4)54(52)62(55,59-49-23-19-35(7)27-41(49)13)60-50-24-20-36(8)28-42(50)14/h17-32,55H,1-16H3/q+1. The van der Waals surface area contributed by atoms with Gasteiger partial charge in [-0.05, 0) is 169 Å². The minimum Gasteiger partial charge on any atom is -0.408 e. The minimum atomic E-state index is -4.06. The third-order valence-corrected chi connectivity index (χ3v) is 14.7. The van der Waals surface area contributed by atoms with Gasteiger partial charge in [0, 0.05) is 16.7 Å². The number of benzene rings is 6. The molecule has 62 heavy (non-hydrogen) atoms. The molecule has 0 bridgehead atoms. The first-order chi connectivity index (χ1) is 29.2. The summed E-state index contributed by atoms with van der Waals surface area (Å²) in [6, 6.07) is 28.7. The van der Waals surface area contributed by atoms with Gasteiger partial charge in [0.1, 0.15) is 17.2 Å². The Bertz CT molecular complexity index is 2520. The number of rotatable bonds is 14. The molecule has 6 aromatic rings. The fraction of sp³-hybridized carbons (Fsp3) is 0.333. The Kier molecular flexibility index (Phi) is 14.2. The first-order valence-electron chi connectivity index (χ1n) is 21.6. The average molecular weight is 872 g/mol. The van der Waals surface area contributed by atoms with Crippen LogP contribution < -0.4 is 27.9 Å². The largest absolute Gasteiger partial charge is 0.534 e. The van der Waals surface area contributed by atoms with Crippen LogP contribution in [0.25, 0.3) is 11.1 Å². The lowest BCUT2D eigenvalue weighted by Gasteiger charge is -2.29. The normalized spacial score (nSPS) is 11.7. The van der Waals surface area contributed by atoms with Gasteiger partial charge in [0.05, 0.1) is 0 Å². The third kappa shape index (κ3) is 10.00. The summed E-state index contributed by atoms with van der Waals surface area (Å²) in [5, 5.41) is 0.624. The Balaban J connectivity index is 1.70. The molecule has 0 spiro atoms.